The van der Waals surface area contributed by atoms with Crippen molar-refractivity contribution in [2.45, 2.75) is 20.4 Å². The van der Waals surface area contributed by atoms with E-state index < -0.39 is 17.2 Å². The zero-order chi connectivity index (χ0) is 18.1. The van der Waals surface area contributed by atoms with Crippen LogP contribution in [0.15, 0.2) is 29.2 Å². The maximum absolute atomic E-state index is 13.9. The van der Waals surface area contributed by atoms with Gasteiger partial charge in [-0.05, 0) is 26.0 Å². The first-order chi connectivity index (χ1) is 11.9. The van der Waals surface area contributed by atoms with Crippen molar-refractivity contribution in [3.8, 4) is 5.69 Å². The SMILES string of the molecule is Cc1nc(CNc2cnn(-c3ccc(F)cc3F)c(=O)c2Cl)c(C)s1. The van der Waals surface area contributed by atoms with E-state index in [0.717, 1.165) is 32.4 Å². The highest BCUT2D eigenvalue weighted by molar-refractivity contribution is 7.11. The fourth-order valence-corrected chi connectivity index (χ4v) is 3.33. The van der Waals surface area contributed by atoms with Gasteiger partial charge in [0.25, 0.3) is 5.56 Å². The van der Waals surface area contributed by atoms with Crippen molar-refractivity contribution in [3.63, 3.8) is 0 Å². The molecule has 1 aromatic carbocycles. The van der Waals surface area contributed by atoms with Crippen molar-refractivity contribution in [1.29, 1.82) is 0 Å². The molecule has 3 aromatic rings. The second-order valence-corrected chi connectivity index (χ2v) is 7.06. The van der Waals surface area contributed by atoms with Crippen molar-refractivity contribution in [2.24, 2.45) is 0 Å². The van der Waals surface area contributed by atoms with Crippen LogP contribution in [0, 0.1) is 25.5 Å². The van der Waals surface area contributed by atoms with Crippen molar-refractivity contribution < 1.29 is 8.78 Å². The second kappa shape index (κ2) is 6.89. The molecule has 25 heavy (non-hydrogen) atoms. The van der Waals surface area contributed by atoms with Crippen molar-refractivity contribution in [1.82, 2.24) is 14.8 Å². The summed E-state index contributed by atoms with van der Waals surface area (Å²) < 4.78 is 27.7. The Morgan fingerprint density at radius 1 is 1.32 bits per heavy atom. The zero-order valence-corrected chi connectivity index (χ0v) is 14.9. The van der Waals surface area contributed by atoms with Gasteiger partial charge in [-0.1, -0.05) is 11.6 Å². The number of hydrogen-bond acceptors (Lipinski definition) is 5. The molecule has 0 aliphatic rings. The highest BCUT2D eigenvalue weighted by Gasteiger charge is 2.14. The molecule has 3 rings (SSSR count). The fourth-order valence-electron chi connectivity index (χ4n) is 2.30. The lowest BCUT2D eigenvalue weighted by Gasteiger charge is -2.10. The summed E-state index contributed by atoms with van der Waals surface area (Å²) in [6.45, 7) is 4.25. The Morgan fingerprint density at radius 3 is 2.72 bits per heavy atom. The first-order valence-corrected chi connectivity index (χ1v) is 8.46. The molecule has 0 saturated carbocycles. The predicted molar refractivity (Wildman–Crippen MR) is 93.7 cm³/mol. The van der Waals surface area contributed by atoms with Crippen LogP contribution in [-0.2, 0) is 6.54 Å². The maximum Gasteiger partial charge on any atom is 0.292 e. The molecular weight excluding hydrogens is 370 g/mol. The van der Waals surface area contributed by atoms with Crippen LogP contribution in [0.3, 0.4) is 0 Å². The minimum absolute atomic E-state index is 0.136. The minimum Gasteiger partial charge on any atom is -0.377 e. The lowest BCUT2D eigenvalue weighted by Crippen LogP contribution is -2.23. The average Bonchev–Trinajstić information content (AvgIpc) is 2.87. The third-order valence-electron chi connectivity index (χ3n) is 3.50. The van der Waals surface area contributed by atoms with Crippen LogP contribution in [0.5, 0.6) is 0 Å². The van der Waals surface area contributed by atoms with Gasteiger partial charge in [0, 0.05) is 10.9 Å². The zero-order valence-electron chi connectivity index (χ0n) is 13.3. The molecule has 0 unspecified atom stereocenters. The van der Waals surface area contributed by atoms with Crippen molar-refractivity contribution in [2.75, 3.05) is 5.32 Å². The Hall–Kier alpha value is -2.32. The number of rotatable bonds is 4. The van der Waals surface area contributed by atoms with Gasteiger partial charge >= 0.3 is 0 Å². The van der Waals surface area contributed by atoms with Gasteiger partial charge < -0.3 is 5.32 Å². The molecule has 0 aliphatic heterocycles. The Kier molecular flexibility index (Phi) is 4.82. The van der Waals surface area contributed by atoms with E-state index in [9.17, 15) is 13.6 Å². The van der Waals surface area contributed by atoms with E-state index in [1.807, 2.05) is 13.8 Å². The van der Waals surface area contributed by atoms with Gasteiger partial charge in [0.05, 0.1) is 29.1 Å². The van der Waals surface area contributed by atoms with Crippen molar-refractivity contribution in [3.05, 3.63) is 67.0 Å². The molecule has 2 heterocycles. The summed E-state index contributed by atoms with van der Waals surface area (Å²) >= 11 is 7.67. The Labute approximate surface area is 150 Å². The summed E-state index contributed by atoms with van der Waals surface area (Å²) in [6.07, 6.45) is 1.32. The number of nitrogens with one attached hydrogen (secondary N) is 1. The average molecular weight is 383 g/mol. The summed E-state index contributed by atoms with van der Waals surface area (Å²) in [6, 6.07) is 2.85. The van der Waals surface area contributed by atoms with E-state index in [1.54, 1.807) is 11.3 Å². The molecule has 5 nitrogen and oxygen atoms in total. The molecule has 2 aromatic heterocycles. The molecule has 0 spiro atoms. The van der Waals surface area contributed by atoms with Gasteiger partial charge in [-0.2, -0.15) is 9.78 Å². The smallest absolute Gasteiger partial charge is 0.292 e. The van der Waals surface area contributed by atoms with E-state index in [1.165, 1.54) is 6.20 Å². The number of aromatic nitrogens is 3. The van der Waals surface area contributed by atoms with E-state index >= 15 is 0 Å². The fraction of sp³-hybridized carbons (Fsp3) is 0.188. The summed E-state index contributed by atoms with van der Waals surface area (Å²) in [7, 11) is 0. The van der Waals surface area contributed by atoms with Gasteiger partial charge in [-0.25, -0.2) is 13.8 Å². The van der Waals surface area contributed by atoms with E-state index in [0.29, 0.717) is 18.3 Å². The predicted octanol–water partition coefficient (Wildman–Crippen LogP) is 3.85. The lowest BCUT2D eigenvalue weighted by atomic mass is 10.3. The van der Waals surface area contributed by atoms with Crippen LogP contribution in [0.2, 0.25) is 5.02 Å². The number of halogens is 3. The number of nitrogens with zero attached hydrogens (tertiary/aromatic N) is 3. The summed E-state index contributed by atoms with van der Waals surface area (Å²) in [5.41, 5.74) is 0.289. The molecule has 0 radical (unpaired) electrons. The molecule has 0 atom stereocenters. The normalized spacial score (nSPS) is 10.9. The highest BCUT2D eigenvalue weighted by Crippen LogP contribution is 2.21. The van der Waals surface area contributed by atoms with Gasteiger partial charge in [-0.15, -0.1) is 11.3 Å². The van der Waals surface area contributed by atoms with Gasteiger partial charge in [0.1, 0.15) is 16.5 Å². The first-order valence-electron chi connectivity index (χ1n) is 7.27. The molecule has 1 N–H and O–H groups in total. The molecule has 130 valence electrons. The molecule has 0 bridgehead atoms. The monoisotopic (exact) mass is 382 g/mol. The second-order valence-electron chi connectivity index (χ2n) is 5.27. The van der Waals surface area contributed by atoms with Crippen molar-refractivity contribution >= 4 is 28.6 Å². The number of thiazole rings is 1. The van der Waals surface area contributed by atoms with Crippen LogP contribution >= 0.6 is 22.9 Å². The highest BCUT2D eigenvalue weighted by atomic mass is 35.5. The Morgan fingerprint density at radius 2 is 2.08 bits per heavy atom. The topological polar surface area (TPSA) is 59.8 Å². The molecule has 0 aliphatic carbocycles. The quantitative estimate of drug-likeness (QED) is 0.744. The number of anilines is 1. The summed E-state index contributed by atoms with van der Waals surface area (Å²) in [4.78, 5) is 17.8. The van der Waals surface area contributed by atoms with Gasteiger partial charge in [-0.3, -0.25) is 4.79 Å². The van der Waals surface area contributed by atoms with E-state index in [2.05, 4.69) is 15.4 Å². The van der Waals surface area contributed by atoms with E-state index in [4.69, 9.17) is 11.6 Å². The Bertz CT molecular complexity index is 1000. The molecule has 0 fully saturated rings. The number of hydrogen-bond donors (Lipinski definition) is 1. The number of benzene rings is 1. The third kappa shape index (κ3) is 3.54. The first kappa shape index (κ1) is 17.5. The third-order valence-corrected chi connectivity index (χ3v) is 4.80. The van der Waals surface area contributed by atoms with Crippen LogP contribution in [0.4, 0.5) is 14.5 Å². The maximum atomic E-state index is 13.9. The van der Waals surface area contributed by atoms with Gasteiger partial charge in [0.2, 0.25) is 0 Å². The number of aryl methyl sites for hydroxylation is 2. The van der Waals surface area contributed by atoms with Crippen LogP contribution in [0.25, 0.3) is 5.69 Å². The molecular formula is C16H13ClF2N4OS. The molecule has 9 heteroatoms. The van der Waals surface area contributed by atoms with Crippen LogP contribution in [-0.4, -0.2) is 14.8 Å². The molecule has 0 saturated heterocycles. The Balaban J connectivity index is 1.90. The van der Waals surface area contributed by atoms with Crippen LogP contribution < -0.4 is 10.9 Å². The standard InChI is InChI=1S/C16H13ClF2N4OS/c1-8-12(22-9(2)25-8)6-20-13-7-21-23(16(24)15(13)17)14-4-3-10(18)5-11(14)19/h3-5,7,20H,6H2,1-2H3. The van der Waals surface area contributed by atoms with Gasteiger partial charge in [0.15, 0.2) is 5.82 Å². The lowest BCUT2D eigenvalue weighted by molar-refractivity contribution is 0.571. The van der Waals surface area contributed by atoms with Crippen LogP contribution in [0.1, 0.15) is 15.6 Å². The minimum atomic E-state index is -0.903. The largest absolute Gasteiger partial charge is 0.377 e. The van der Waals surface area contributed by atoms with E-state index in [-0.39, 0.29) is 10.7 Å². The summed E-state index contributed by atoms with van der Waals surface area (Å²) in [5, 5.41) is 7.74. The molecule has 0 amide bonds. The summed E-state index contributed by atoms with van der Waals surface area (Å²) in [5.74, 6) is -1.65.